The Hall–Kier alpha value is -3.13. The first-order valence-electron chi connectivity index (χ1n) is 8.96. The van der Waals surface area contributed by atoms with Crippen LogP contribution in [0.5, 0.6) is 0 Å². The topological polar surface area (TPSA) is 88.2 Å². The first kappa shape index (κ1) is 17.3. The van der Waals surface area contributed by atoms with Gasteiger partial charge in [0, 0.05) is 37.9 Å². The first-order valence-corrected chi connectivity index (χ1v) is 8.96. The van der Waals surface area contributed by atoms with E-state index >= 15 is 0 Å². The summed E-state index contributed by atoms with van der Waals surface area (Å²) >= 11 is 0. The Labute approximate surface area is 157 Å². The van der Waals surface area contributed by atoms with E-state index in [2.05, 4.69) is 15.4 Å². The zero-order valence-electron chi connectivity index (χ0n) is 14.9. The van der Waals surface area contributed by atoms with Gasteiger partial charge in [-0.15, -0.1) is 0 Å². The normalized spacial score (nSPS) is 16.3. The Morgan fingerprint density at radius 1 is 1.15 bits per heavy atom. The van der Waals surface area contributed by atoms with Crippen LogP contribution in [0.4, 0.5) is 10.5 Å². The molecule has 4 rings (SSSR count). The number of rotatable bonds is 4. The SMILES string of the molecule is O=C(Nc1ccccc1-n1cccn1)N1CCC(O)(Cn2ccnc2)CC1. The quantitative estimate of drug-likeness (QED) is 0.740. The second-order valence-electron chi connectivity index (χ2n) is 6.84. The molecule has 2 amide bonds. The van der Waals surface area contributed by atoms with Crippen molar-refractivity contribution < 1.29 is 9.90 Å². The minimum atomic E-state index is -0.815. The molecule has 1 aliphatic heterocycles. The minimum absolute atomic E-state index is 0.167. The second-order valence-corrected chi connectivity index (χ2v) is 6.84. The summed E-state index contributed by atoms with van der Waals surface area (Å²) in [6, 6.07) is 9.22. The van der Waals surface area contributed by atoms with E-state index in [9.17, 15) is 9.90 Å². The van der Waals surface area contributed by atoms with Crippen molar-refractivity contribution in [3.63, 3.8) is 0 Å². The average molecular weight is 366 g/mol. The highest BCUT2D eigenvalue weighted by Crippen LogP contribution is 2.25. The first-order chi connectivity index (χ1) is 13.1. The molecule has 2 N–H and O–H groups in total. The van der Waals surface area contributed by atoms with Crippen molar-refractivity contribution in [1.29, 1.82) is 0 Å². The van der Waals surface area contributed by atoms with E-state index in [-0.39, 0.29) is 6.03 Å². The Morgan fingerprint density at radius 2 is 1.96 bits per heavy atom. The summed E-state index contributed by atoms with van der Waals surface area (Å²) in [5, 5.41) is 18.0. The van der Waals surface area contributed by atoms with E-state index in [4.69, 9.17) is 0 Å². The molecule has 3 heterocycles. The zero-order valence-corrected chi connectivity index (χ0v) is 14.9. The molecule has 1 fully saturated rings. The molecule has 140 valence electrons. The van der Waals surface area contributed by atoms with E-state index < -0.39 is 5.60 Å². The number of hydrogen-bond donors (Lipinski definition) is 2. The smallest absolute Gasteiger partial charge is 0.321 e. The van der Waals surface area contributed by atoms with Crippen molar-refractivity contribution in [1.82, 2.24) is 24.2 Å². The van der Waals surface area contributed by atoms with Gasteiger partial charge < -0.3 is 19.9 Å². The summed E-state index contributed by atoms with van der Waals surface area (Å²) < 4.78 is 3.59. The van der Waals surface area contributed by atoms with Crippen LogP contribution in [0.3, 0.4) is 0 Å². The molecule has 0 atom stereocenters. The number of hydrogen-bond acceptors (Lipinski definition) is 4. The van der Waals surface area contributed by atoms with E-state index in [0.717, 1.165) is 5.69 Å². The summed E-state index contributed by atoms with van der Waals surface area (Å²) in [5.41, 5.74) is 0.694. The van der Waals surface area contributed by atoms with Gasteiger partial charge in [0.05, 0.1) is 29.8 Å². The lowest BCUT2D eigenvalue weighted by atomic mass is 9.91. The molecule has 1 aliphatic rings. The molecule has 27 heavy (non-hydrogen) atoms. The van der Waals surface area contributed by atoms with E-state index in [1.165, 1.54) is 0 Å². The fraction of sp³-hybridized carbons (Fsp3) is 0.316. The Balaban J connectivity index is 1.39. The Morgan fingerprint density at radius 3 is 2.67 bits per heavy atom. The number of likely N-dealkylation sites (tertiary alicyclic amines) is 1. The maximum Gasteiger partial charge on any atom is 0.321 e. The third-order valence-electron chi connectivity index (χ3n) is 4.91. The number of carbonyl (C=O) groups is 1. The van der Waals surface area contributed by atoms with Crippen LogP contribution in [0, 0.1) is 0 Å². The largest absolute Gasteiger partial charge is 0.388 e. The summed E-state index contributed by atoms with van der Waals surface area (Å²) in [6.07, 6.45) is 9.82. The highest BCUT2D eigenvalue weighted by atomic mass is 16.3. The molecule has 1 aromatic carbocycles. The molecule has 8 nitrogen and oxygen atoms in total. The van der Waals surface area contributed by atoms with Crippen LogP contribution in [-0.4, -0.2) is 54.1 Å². The number of aromatic nitrogens is 4. The van der Waals surface area contributed by atoms with Gasteiger partial charge in [-0.25, -0.2) is 14.5 Å². The number of nitrogens with one attached hydrogen (secondary N) is 1. The lowest BCUT2D eigenvalue weighted by molar-refractivity contribution is -0.0247. The van der Waals surface area contributed by atoms with Crippen LogP contribution < -0.4 is 5.32 Å². The van der Waals surface area contributed by atoms with Crippen molar-refractivity contribution in [2.24, 2.45) is 0 Å². The van der Waals surface area contributed by atoms with Gasteiger partial charge in [0.2, 0.25) is 0 Å². The zero-order chi connectivity index (χ0) is 18.7. The number of benzene rings is 1. The molecule has 2 aromatic heterocycles. The van der Waals surface area contributed by atoms with Crippen molar-refractivity contribution in [3.05, 3.63) is 61.4 Å². The second kappa shape index (κ2) is 7.24. The van der Waals surface area contributed by atoms with E-state index in [1.807, 2.05) is 47.3 Å². The van der Waals surface area contributed by atoms with Crippen LogP contribution >= 0.6 is 0 Å². The summed E-state index contributed by atoms with van der Waals surface area (Å²) in [7, 11) is 0. The van der Waals surface area contributed by atoms with E-state index in [0.29, 0.717) is 38.2 Å². The van der Waals surface area contributed by atoms with Gasteiger partial charge in [0.1, 0.15) is 0 Å². The molecule has 0 radical (unpaired) electrons. The molecule has 3 aromatic rings. The fourth-order valence-corrected chi connectivity index (χ4v) is 3.39. The van der Waals surface area contributed by atoms with Gasteiger partial charge in [0.25, 0.3) is 0 Å². The monoisotopic (exact) mass is 366 g/mol. The molecule has 8 heteroatoms. The summed E-state index contributed by atoms with van der Waals surface area (Å²) in [5.74, 6) is 0. The lowest BCUT2D eigenvalue weighted by Gasteiger charge is -2.38. The summed E-state index contributed by atoms with van der Waals surface area (Å²) in [4.78, 5) is 18.5. The fourth-order valence-electron chi connectivity index (χ4n) is 3.39. The van der Waals surface area contributed by atoms with Crippen LogP contribution in [0.1, 0.15) is 12.8 Å². The van der Waals surface area contributed by atoms with Crippen LogP contribution in [0.2, 0.25) is 0 Å². The predicted octanol–water partition coefficient (Wildman–Crippen LogP) is 2.13. The van der Waals surface area contributed by atoms with Crippen LogP contribution in [-0.2, 0) is 6.54 Å². The maximum absolute atomic E-state index is 12.7. The number of amides is 2. The Bertz CT molecular complexity index is 883. The molecule has 0 aliphatic carbocycles. The number of nitrogens with zero attached hydrogens (tertiary/aromatic N) is 5. The number of imidazole rings is 1. The van der Waals surface area contributed by atoms with Crippen LogP contribution in [0.15, 0.2) is 61.4 Å². The van der Waals surface area contributed by atoms with Crippen molar-refractivity contribution in [3.8, 4) is 5.69 Å². The third kappa shape index (κ3) is 3.85. The van der Waals surface area contributed by atoms with Crippen molar-refractivity contribution in [2.45, 2.75) is 25.0 Å². The highest BCUT2D eigenvalue weighted by Gasteiger charge is 2.34. The summed E-state index contributed by atoms with van der Waals surface area (Å²) in [6.45, 7) is 1.49. The molecule has 0 unspecified atom stereocenters. The van der Waals surface area contributed by atoms with Crippen LogP contribution in [0.25, 0.3) is 5.69 Å². The predicted molar refractivity (Wildman–Crippen MR) is 101 cm³/mol. The van der Waals surface area contributed by atoms with Gasteiger partial charge in [0.15, 0.2) is 0 Å². The van der Waals surface area contributed by atoms with Gasteiger partial charge in [-0.05, 0) is 31.0 Å². The van der Waals surface area contributed by atoms with Gasteiger partial charge >= 0.3 is 6.03 Å². The number of carbonyl (C=O) groups excluding carboxylic acids is 1. The minimum Gasteiger partial charge on any atom is -0.388 e. The Kier molecular flexibility index (Phi) is 4.64. The van der Waals surface area contributed by atoms with Gasteiger partial charge in [-0.3, -0.25) is 0 Å². The molecule has 0 spiro atoms. The molecule has 1 saturated heterocycles. The van der Waals surface area contributed by atoms with Crippen molar-refractivity contribution >= 4 is 11.7 Å². The van der Waals surface area contributed by atoms with E-state index in [1.54, 1.807) is 28.3 Å². The van der Waals surface area contributed by atoms with Gasteiger partial charge in [-0.1, -0.05) is 12.1 Å². The number of piperidine rings is 1. The number of para-hydroxylation sites is 2. The molecule has 0 bridgehead atoms. The number of anilines is 1. The molecular weight excluding hydrogens is 344 g/mol. The standard InChI is InChI=1S/C19H22N6O2/c26-18(22-16-4-1-2-5-17(16)25-10-3-8-21-25)24-11-6-19(27,7-12-24)14-23-13-9-20-15-23/h1-5,8-10,13,15,27H,6-7,11-12,14H2,(H,22,26). The van der Waals surface area contributed by atoms with Crippen molar-refractivity contribution in [2.75, 3.05) is 18.4 Å². The highest BCUT2D eigenvalue weighted by molar-refractivity contribution is 5.91. The average Bonchev–Trinajstić information content (AvgIpc) is 3.36. The van der Waals surface area contributed by atoms with Gasteiger partial charge in [-0.2, -0.15) is 5.10 Å². The molecular formula is C19H22N6O2. The molecule has 0 saturated carbocycles. The number of aliphatic hydroxyl groups is 1. The number of urea groups is 1. The third-order valence-corrected chi connectivity index (χ3v) is 4.91. The maximum atomic E-state index is 12.7. The lowest BCUT2D eigenvalue weighted by Crippen LogP contribution is -2.49.